The molecule has 0 spiro atoms. The normalized spacial score (nSPS) is 15.0. The number of benzene rings is 1. The maximum atomic E-state index is 11.4. The van der Waals surface area contributed by atoms with Crippen molar-refractivity contribution in [2.24, 2.45) is 0 Å². The van der Waals surface area contributed by atoms with Crippen molar-refractivity contribution in [1.29, 1.82) is 0 Å². The molecule has 2 aromatic heterocycles. The van der Waals surface area contributed by atoms with Crippen LogP contribution in [0.25, 0.3) is 10.9 Å². The van der Waals surface area contributed by atoms with E-state index in [1.165, 1.54) is 34.6 Å². The number of hydroxylamine groups is 1. The van der Waals surface area contributed by atoms with E-state index in [0.29, 0.717) is 12.0 Å². The van der Waals surface area contributed by atoms with Gasteiger partial charge in [0, 0.05) is 48.1 Å². The number of nitrogens with zero attached hydrogens (tertiary/aromatic N) is 3. The van der Waals surface area contributed by atoms with E-state index in [-0.39, 0.29) is 5.56 Å². The molecule has 1 aliphatic rings. The van der Waals surface area contributed by atoms with Gasteiger partial charge in [-0.2, -0.15) is 0 Å². The maximum absolute atomic E-state index is 11.4. The van der Waals surface area contributed by atoms with Crippen LogP contribution in [0.3, 0.4) is 0 Å². The second-order valence-electron chi connectivity index (χ2n) is 7.45. The van der Waals surface area contributed by atoms with Crippen molar-refractivity contribution in [2.75, 3.05) is 24.5 Å². The molecular weight excluding hydrogens is 368 g/mol. The van der Waals surface area contributed by atoms with Gasteiger partial charge in [0.05, 0.1) is 5.56 Å². The lowest BCUT2D eigenvalue weighted by molar-refractivity contribution is 0.0705. The highest BCUT2D eigenvalue weighted by atomic mass is 16.5. The van der Waals surface area contributed by atoms with Crippen molar-refractivity contribution >= 4 is 22.8 Å². The summed E-state index contributed by atoms with van der Waals surface area (Å²) in [5.74, 6) is 0.0113. The third-order valence-corrected chi connectivity index (χ3v) is 5.61. The molecule has 1 aromatic carbocycles. The number of aromatic amines is 1. The first kappa shape index (κ1) is 19.4. The highest BCUT2D eigenvalue weighted by Crippen LogP contribution is 2.22. The Morgan fingerprint density at radius 1 is 1.24 bits per heavy atom. The molecule has 3 heterocycles. The minimum absolute atomic E-state index is 0.236. The van der Waals surface area contributed by atoms with Crippen LogP contribution in [0, 0.1) is 6.92 Å². The molecule has 1 aliphatic heterocycles. The van der Waals surface area contributed by atoms with Gasteiger partial charge in [-0.1, -0.05) is 18.2 Å². The average molecular weight is 394 g/mol. The van der Waals surface area contributed by atoms with E-state index in [9.17, 15) is 4.79 Å². The molecule has 0 bridgehead atoms. The molecule has 8 nitrogen and oxygen atoms in total. The molecule has 4 N–H and O–H groups in total. The lowest BCUT2D eigenvalue weighted by Crippen LogP contribution is -2.43. The van der Waals surface area contributed by atoms with Crippen LogP contribution >= 0.6 is 0 Å². The first-order valence-corrected chi connectivity index (χ1v) is 9.96. The number of piperidine rings is 1. The number of anilines is 1. The number of carbonyl (C=O) groups excluding carboxylic acids is 1. The number of aryl methyl sites for hydroxylation is 1. The fraction of sp³-hybridized carbons (Fsp3) is 0.381. The van der Waals surface area contributed by atoms with Crippen LogP contribution in [0.5, 0.6) is 0 Å². The van der Waals surface area contributed by atoms with E-state index >= 15 is 0 Å². The lowest BCUT2D eigenvalue weighted by Gasteiger charge is -2.32. The molecular formula is C21H26N6O2. The van der Waals surface area contributed by atoms with Crippen LogP contribution in [0.4, 0.5) is 5.95 Å². The molecule has 29 heavy (non-hydrogen) atoms. The van der Waals surface area contributed by atoms with Crippen LogP contribution in [0.15, 0.2) is 36.7 Å². The van der Waals surface area contributed by atoms with Crippen LogP contribution in [-0.2, 0) is 6.42 Å². The number of H-pyrrole nitrogens is 1. The van der Waals surface area contributed by atoms with Crippen molar-refractivity contribution < 1.29 is 10.0 Å². The molecule has 4 rings (SSSR count). The van der Waals surface area contributed by atoms with E-state index in [0.717, 1.165) is 38.9 Å². The second-order valence-corrected chi connectivity index (χ2v) is 7.45. The van der Waals surface area contributed by atoms with E-state index < -0.39 is 5.91 Å². The quantitative estimate of drug-likeness (QED) is 0.377. The molecule has 152 valence electrons. The highest BCUT2D eigenvalue weighted by molar-refractivity contribution is 5.92. The van der Waals surface area contributed by atoms with E-state index in [1.54, 1.807) is 5.48 Å². The Labute approximate surface area is 169 Å². The summed E-state index contributed by atoms with van der Waals surface area (Å²) in [7, 11) is 0. The predicted octanol–water partition coefficient (Wildman–Crippen LogP) is 2.19. The number of fused-ring (bicyclic) bond motifs is 1. The zero-order chi connectivity index (χ0) is 20.2. The molecule has 0 atom stereocenters. The third kappa shape index (κ3) is 4.23. The van der Waals surface area contributed by atoms with Crippen molar-refractivity contribution in [2.45, 2.75) is 32.2 Å². The summed E-state index contributed by atoms with van der Waals surface area (Å²) in [4.78, 5) is 25.5. The number of nitrogens with one attached hydrogen (secondary N) is 3. The Bertz CT molecular complexity index is 977. The van der Waals surface area contributed by atoms with E-state index in [4.69, 9.17) is 5.21 Å². The number of hydrogen-bond acceptors (Lipinski definition) is 6. The van der Waals surface area contributed by atoms with E-state index in [2.05, 4.69) is 56.4 Å². The van der Waals surface area contributed by atoms with Crippen LogP contribution in [0.1, 0.15) is 34.5 Å². The second kappa shape index (κ2) is 8.59. The molecule has 8 heteroatoms. The van der Waals surface area contributed by atoms with Gasteiger partial charge in [0.2, 0.25) is 5.95 Å². The first-order chi connectivity index (χ1) is 14.2. The smallest absolute Gasteiger partial charge is 0.277 e. The number of hydrogen-bond donors (Lipinski definition) is 4. The molecule has 1 fully saturated rings. The number of amides is 1. The molecule has 1 saturated heterocycles. The minimum Gasteiger partial charge on any atom is -0.358 e. The summed E-state index contributed by atoms with van der Waals surface area (Å²) < 4.78 is 0. The molecule has 0 unspecified atom stereocenters. The lowest BCUT2D eigenvalue weighted by atomic mass is 10.0. The molecule has 1 amide bonds. The summed E-state index contributed by atoms with van der Waals surface area (Å²) in [5, 5.41) is 13.7. The predicted molar refractivity (Wildman–Crippen MR) is 111 cm³/mol. The topological polar surface area (TPSA) is 106 Å². The summed E-state index contributed by atoms with van der Waals surface area (Å²) in [6.45, 7) is 4.84. The number of rotatable bonds is 6. The summed E-state index contributed by atoms with van der Waals surface area (Å²) in [5.41, 5.74) is 5.67. The summed E-state index contributed by atoms with van der Waals surface area (Å²) in [6.07, 6.45) is 5.92. The molecule has 3 aromatic rings. The number of carbonyl (C=O) groups is 1. The summed E-state index contributed by atoms with van der Waals surface area (Å²) >= 11 is 0. The van der Waals surface area contributed by atoms with Gasteiger partial charge < -0.3 is 15.2 Å². The van der Waals surface area contributed by atoms with E-state index in [1.807, 2.05) is 0 Å². The molecule has 0 aliphatic carbocycles. The van der Waals surface area contributed by atoms with Crippen molar-refractivity contribution in [3.63, 3.8) is 0 Å². The first-order valence-electron chi connectivity index (χ1n) is 9.96. The Morgan fingerprint density at radius 2 is 1.97 bits per heavy atom. The van der Waals surface area contributed by atoms with Crippen molar-refractivity contribution in [1.82, 2.24) is 25.7 Å². The van der Waals surface area contributed by atoms with Gasteiger partial charge in [0.1, 0.15) is 0 Å². The highest BCUT2D eigenvalue weighted by Gasteiger charge is 2.21. The Hall–Kier alpha value is -2.97. The van der Waals surface area contributed by atoms with Crippen molar-refractivity contribution in [3.8, 4) is 0 Å². The molecule has 0 radical (unpaired) electrons. The zero-order valence-electron chi connectivity index (χ0n) is 16.5. The van der Waals surface area contributed by atoms with Crippen molar-refractivity contribution in [3.05, 3.63) is 53.5 Å². The van der Waals surface area contributed by atoms with Gasteiger partial charge in [0.15, 0.2) is 0 Å². The zero-order valence-corrected chi connectivity index (χ0v) is 16.5. The van der Waals surface area contributed by atoms with Gasteiger partial charge in [-0.3, -0.25) is 10.0 Å². The minimum atomic E-state index is -0.607. The molecule has 0 saturated carbocycles. The fourth-order valence-corrected chi connectivity index (χ4v) is 4.01. The average Bonchev–Trinajstić information content (AvgIpc) is 3.09. The Kier molecular flexibility index (Phi) is 5.73. The monoisotopic (exact) mass is 394 g/mol. The van der Waals surface area contributed by atoms with Gasteiger partial charge in [-0.05, 0) is 44.4 Å². The van der Waals surface area contributed by atoms with Gasteiger partial charge in [-0.15, -0.1) is 0 Å². The SMILES string of the molecule is Cc1[nH]c2ccccc2c1CCNC1CCN(c2ncc(C(=O)NO)cn2)CC1. The van der Waals surface area contributed by atoms with Gasteiger partial charge in [-0.25, -0.2) is 15.4 Å². The number of para-hydroxylation sites is 1. The Balaban J connectivity index is 1.27. The van der Waals surface area contributed by atoms with Crippen LogP contribution in [0.2, 0.25) is 0 Å². The van der Waals surface area contributed by atoms with Crippen LogP contribution < -0.4 is 15.7 Å². The maximum Gasteiger partial charge on any atom is 0.277 e. The Morgan fingerprint density at radius 3 is 2.69 bits per heavy atom. The fourth-order valence-electron chi connectivity index (χ4n) is 4.01. The standard InChI is InChI=1S/C21H26N6O2/c1-14-17(18-4-2-3-5-19(18)25-14)6-9-22-16-7-10-27(11-8-16)21-23-12-15(13-24-21)20(28)26-29/h2-5,12-13,16,22,25,29H,6-11H2,1H3,(H,26,28). The summed E-state index contributed by atoms with van der Waals surface area (Å²) in [6, 6.07) is 8.94. The van der Waals surface area contributed by atoms with Gasteiger partial charge >= 0.3 is 0 Å². The number of aromatic nitrogens is 3. The van der Waals surface area contributed by atoms with Gasteiger partial charge in [0.25, 0.3) is 5.91 Å². The van der Waals surface area contributed by atoms with Crippen LogP contribution in [-0.4, -0.2) is 51.7 Å². The largest absolute Gasteiger partial charge is 0.358 e. The third-order valence-electron chi connectivity index (χ3n) is 5.61.